The Hall–Kier alpha value is -2.23. The highest BCUT2D eigenvalue weighted by Crippen LogP contribution is 2.17. The monoisotopic (exact) mass is 238 g/mol. The third kappa shape index (κ3) is 1.76. The Kier molecular flexibility index (Phi) is 2.55. The number of aromatic nitrogens is 4. The van der Waals surface area contributed by atoms with E-state index in [-0.39, 0.29) is 0 Å². The first-order valence-electron chi connectivity index (χ1n) is 6.00. The lowest BCUT2D eigenvalue weighted by atomic mass is 10.2. The molecule has 4 heteroatoms. The van der Waals surface area contributed by atoms with Gasteiger partial charge in [0.25, 0.3) is 0 Å². The molecular weight excluding hydrogens is 224 g/mol. The van der Waals surface area contributed by atoms with Crippen LogP contribution in [0.1, 0.15) is 25.6 Å². The van der Waals surface area contributed by atoms with Crippen LogP contribution in [0.25, 0.3) is 16.7 Å². The van der Waals surface area contributed by atoms with Crippen molar-refractivity contribution in [2.45, 2.75) is 19.8 Å². The molecule has 0 bridgehead atoms. The Bertz CT molecular complexity index is 668. The molecule has 0 aliphatic rings. The van der Waals surface area contributed by atoms with Crippen LogP contribution >= 0.6 is 0 Å². The molecule has 0 saturated heterocycles. The molecule has 0 N–H and O–H groups in total. The largest absolute Gasteiger partial charge is 0.298 e. The van der Waals surface area contributed by atoms with Crippen LogP contribution in [0, 0.1) is 0 Å². The minimum absolute atomic E-state index is 0.346. The third-order valence-electron chi connectivity index (χ3n) is 2.90. The van der Waals surface area contributed by atoms with E-state index in [1.54, 1.807) is 6.20 Å². The van der Waals surface area contributed by atoms with Gasteiger partial charge in [0.2, 0.25) is 0 Å². The lowest BCUT2D eigenvalue weighted by Gasteiger charge is -2.06. The summed E-state index contributed by atoms with van der Waals surface area (Å²) >= 11 is 0. The second-order valence-corrected chi connectivity index (χ2v) is 4.56. The van der Waals surface area contributed by atoms with Crippen molar-refractivity contribution in [1.82, 2.24) is 19.5 Å². The predicted molar refractivity (Wildman–Crippen MR) is 70.7 cm³/mol. The van der Waals surface area contributed by atoms with E-state index in [0.29, 0.717) is 5.92 Å². The van der Waals surface area contributed by atoms with Gasteiger partial charge >= 0.3 is 0 Å². The maximum Gasteiger partial charge on any atom is 0.144 e. The summed E-state index contributed by atoms with van der Waals surface area (Å²) in [6.45, 7) is 4.17. The van der Waals surface area contributed by atoms with Gasteiger partial charge in [-0.25, -0.2) is 15.0 Å². The molecule has 90 valence electrons. The molecule has 0 radical (unpaired) electrons. The van der Waals surface area contributed by atoms with Crippen molar-refractivity contribution in [3.8, 4) is 5.69 Å². The Morgan fingerprint density at radius 2 is 1.83 bits per heavy atom. The summed E-state index contributed by atoms with van der Waals surface area (Å²) in [6.07, 6.45) is 7.47. The summed E-state index contributed by atoms with van der Waals surface area (Å²) in [5.41, 5.74) is 1.87. The van der Waals surface area contributed by atoms with E-state index in [9.17, 15) is 0 Å². The highest BCUT2D eigenvalue weighted by Gasteiger charge is 2.06. The Morgan fingerprint density at radius 3 is 2.56 bits per heavy atom. The highest BCUT2D eigenvalue weighted by molar-refractivity contribution is 5.77. The quantitative estimate of drug-likeness (QED) is 0.689. The lowest BCUT2D eigenvalue weighted by Crippen LogP contribution is -2.00. The molecule has 3 rings (SSSR count). The van der Waals surface area contributed by atoms with Crippen molar-refractivity contribution in [3.63, 3.8) is 0 Å². The van der Waals surface area contributed by atoms with Gasteiger partial charge in [-0.05, 0) is 18.2 Å². The van der Waals surface area contributed by atoms with E-state index in [0.717, 1.165) is 22.5 Å². The lowest BCUT2D eigenvalue weighted by molar-refractivity contribution is 0.770. The SMILES string of the molecule is CC(C)c1ncc(-n2ccc3cccnc32)cn1. The summed E-state index contributed by atoms with van der Waals surface area (Å²) in [7, 11) is 0. The third-order valence-corrected chi connectivity index (χ3v) is 2.90. The molecule has 0 saturated carbocycles. The Labute approximate surface area is 105 Å². The fourth-order valence-corrected chi connectivity index (χ4v) is 1.93. The summed E-state index contributed by atoms with van der Waals surface area (Å²) in [5.74, 6) is 1.21. The van der Waals surface area contributed by atoms with Crippen LogP contribution in [0.5, 0.6) is 0 Å². The first-order chi connectivity index (χ1) is 8.75. The maximum absolute atomic E-state index is 4.38. The molecule has 0 unspecified atom stereocenters. The predicted octanol–water partition coefficient (Wildman–Crippen LogP) is 2.94. The minimum Gasteiger partial charge on any atom is -0.298 e. The number of nitrogens with zero attached hydrogens (tertiary/aromatic N) is 4. The van der Waals surface area contributed by atoms with E-state index in [1.165, 1.54) is 0 Å². The van der Waals surface area contributed by atoms with Gasteiger partial charge in [-0.2, -0.15) is 0 Å². The average Bonchev–Trinajstić information content (AvgIpc) is 2.82. The van der Waals surface area contributed by atoms with Gasteiger partial charge in [0, 0.05) is 23.7 Å². The van der Waals surface area contributed by atoms with Gasteiger partial charge in [0.1, 0.15) is 11.5 Å². The van der Waals surface area contributed by atoms with Gasteiger partial charge in [-0.3, -0.25) is 4.57 Å². The van der Waals surface area contributed by atoms with E-state index < -0.39 is 0 Å². The number of hydrogen-bond acceptors (Lipinski definition) is 3. The first-order valence-corrected chi connectivity index (χ1v) is 6.00. The summed E-state index contributed by atoms with van der Waals surface area (Å²) in [5, 5.41) is 1.12. The van der Waals surface area contributed by atoms with Crippen LogP contribution < -0.4 is 0 Å². The van der Waals surface area contributed by atoms with Gasteiger partial charge < -0.3 is 0 Å². The number of pyridine rings is 1. The van der Waals surface area contributed by atoms with Gasteiger partial charge in [0.05, 0.1) is 18.1 Å². The highest BCUT2D eigenvalue weighted by atomic mass is 15.1. The smallest absolute Gasteiger partial charge is 0.144 e. The van der Waals surface area contributed by atoms with Crippen molar-refractivity contribution in [1.29, 1.82) is 0 Å². The second kappa shape index (κ2) is 4.22. The van der Waals surface area contributed by atoms with Crippen LogP contribution in [0.4, 0.5) is 0 Å². The van der Waals surface area contributed by atoms with Gasteiger partial charge in [0.15, 0.2) is 0 Å². The molecule has 3 aromatic heterocycles. The van der Waals surface area contributed by atoms with Crippen molar-refractivity contribution < 1.29 is 0 Å². The zero-order chi connectivity index (χ0) is 12.5. The minimum atomic E-state index is 0.346. The molecule has 0 aliphatic heterocycles. The molecule has 0 aliphatic carbocycles. The standard InChI is InChI=1S/C14H14N4/c1-10(2)13-16-8-12(9-17-13)18-7-5-11-4-3-6-15-14(11)18/h3-10H,1-2H3. The first kappa shape index (κ1) is 10.9. The number of fused-ring (bicyclic) bond motifs is 1. The van der Waals surface area contributed by atoms with Crippen LogP contribution in [0.3, 0.4) is 0 Å². The van der Waals surface area contributed by atoms with Crippen molar-refractivity contribution in [2.75, 3.05) is 0 Å². The van der Waals surface area contributed by atoms with Crippen molar-refractivity contribution in [2.24, 2.45) is 0 Å². The summed E-state index contributed by atoms with van der Waals surface area (Å²) < 4.78 is 2.00. The molecule has 0 spiro atoms. The fourth-order valence-electron chi connectivity index (χ4n) is 1.93. The molecule has 0 aromatic carbocycles. The maximum atomic E-state index is 4.38. The molecule has 0 atom stereocenters. The molecule has 0 amide bonds. The molecule has 18 heavy (non-hydrogen) atoms. The molecule has 3 aromatic rings. The van der Waals surface area contributed by atoms with E-state index in [4.69, 9.17) is 0 Å². The number of rotatable bonds is 2. The molecule has 0 fully saturated rings. The normalized spacial score (nSPS) is 11.3. The average molecular weight is 238 g/mol. The van der Waals surface area contributed by atoms with Crippen molar-refractivity contribution >= 4 is 11.0 Å². The fraction of sp³-hybridized carbons (Fsp3) is 0.214. The molecular formula is C14H14N4. The Morgan fingerprint density at radius 1 is 1.06 bits per heavy atom. The zero-order valence-electron chi connectivity index (χ0n) is 10.4. The van der Waals surface area contributed by atoms with Crippen LogP contribution in [0.15, 0.2) is 43.0 Å². The van der Waals surface area contributed by atoms with E-state index in [1.807, 2.05) is 41.4 Å². The summed E-state index contributed by atoms with van der Waals surface area (Å²) in [6, 6.07) is 6.02. The molecule has 4 nitrogen and oxygen atoms in total. The van der Waals surface area contributed by atoms with Crippen molar-refractivity contribution in [3.05, 3.63) is 48.8 Å². The second-order valence-electron chi connectivity index (χ2n) is 4.56. The van der Waals surface area contributed by atoms with E-state index in [2.05, 4.69) is 28.8 Å². The van der Waals surface area contributed by atoms with Crippen LogP contribution in [-0.2, 0) is 0 Å². The van der Waals surface area contributed by atoms with Gasteiger partial charge in [-0.1, -0.05) is 13.8 Å². The Balaban J connectivity index is 2.09. The summed E-state index contributed by atoms with van der Waals surface area (Å²) in [4.78, 5) is 13.1. The zero-order valence-corrected chi connectivity index (χ0v) is 10.4. The topological polar surface area (TPSA) is 43.6 Å². The number of hydrogen-bond donors (Lipinski definition) is 0. The molecule has 3 heterocycles. The van der Waals surface area contributed by atoms with Gasteiger partial charge in [-0.15, -0.1) is 0 Å². The van der Waals surface area contributed by atoms with Crippen LogP contribution in [-0.4, -0.2) is 19.5 Å². The van der Waals surface area contributed by atoms with Crippen LogP contribution in [0.2, 0.25) is 0 Å². The van der Waals surface area contributed by atoms with E-state index >= 15 is 0 Å².